The van der Waals surface area contributed by atoms with Gasteiger partial charge in [-0.2, -0.15) is 0 Å². The van der Waals surface area contributed by atoms with Gasteiger partial charge in [0, 0.05) is 26.2 Å². The molecule has 5 rings (SSSR count). The van der Waals surface area contributed by atoms with Crippen LogP contribution >= 0.6 is 0 Å². The van der Waals surface area contributed by atoms with Gasteiger partial charge >= 0.3 is 0 Å². The van der Waals surface area contributed by atoms with Gasteiger partial charge in [0.05, 0.1) is 51.5 Å². The molecular formula is C26H27FN2O7. The van der Waals surface area contributed by atoms with E-state index in [4.69, 9.17) is 23.4 Å². The lowest BCUT2D eigenvalue weighted by molar-refractivity contribution is 0.0314. The molecule has 1 amide bonds. The van der Waals surface area contributed by atoms with Crippen LogP contribution in [-0.2, 0) is 4.74 Å². The number of hydrogen-bond acceptors (Lipinski definition) is 8. The predicted octanol–water partition coefficient (Wildman–Crippen LogP) is 2.84. The Kier molecular flexibility index (Phi) is 6.55. The highest BCUT2D eigenvalue weighted by atomic mass is 19.1. The first-order valence-electron chi connectivity index (χ1n) is 11.6. The van der Waals surface area contributed by atoms with Crippen LogP contribution in [0.5, 0.6) is 17.2 Å². The zero-order valence-corrected chi connectivity index (χ0v) is 20.3. The molecule has 1 saturated heterocycles. The smallest absolute Gasteiger partial charge is 0.290 e. The van der Waals surface area contributed by atoms with Crippen molar-refractivity contribution in [2.45, 2.75) is 6.04 Å². The number of methoxy groups -OCH3 is 3. The van der Waals surface area contributed by atoms with E-state index in [1.165, 1.54) is 33.5 Å². The predicted molar refractivity (Wildman–Crippen MR) is 129 cm³/mol. The average Bonchev–Trinajstić information content (AvgIpc) is 3.19. The second kappa shape index (κ2) is 9.79. The molecule has 2 aliphatic rings. The van der Waals surface area contributed by atoms with E-state index in [-0.39, 0.29) is 22.3 Å². The molecule has 10 heteroatoms. The van der Waals surface area contributed by atoms with E-state index < -0.39 is 23.2 Å². The van der Waals surface area contributed by atoms with Crippen molar-refractivity contribution in [1.29, 1.82) is 0 Å². The molecule has 3 heterocycles. The van der Waals surface area contributed by atoms with Gasteiger partial charge in [-0.05, 0) is 35.9 Å². The third-order valence-electron chi connectivity index (χ3n) is 6.69. The maximum absolute atomic E-state index is 14.0. The van der Waals surface area contributed by atoms with E-state index in [1.54, 1.807) is 17.0 Å². The van der Waals surface area contributed by atoms with Crippen molar-refractivity contribution in [2.24, 2.45) is 0 Å². The third kappa shape index (κ3) is 4.06. The van der Waals surface area contributed by atoms with Gasteiger partial charge in [0.15, 0.2) is 16.9 Å². The first-order valence-corrected chi connectivity index (χ1v) is 11.6. The van der Waals surface area contributed by atoms with Gasteiger partial charge < -0.3 is 28.3 Å². The van der Waals surface area contributed by atoms with Crippen molar-refractivity contribution in [3.05, 3.63) is 63.3 Å². The van der Waals surface area contributed by atoms with Crippen molar-refractivity contribution >= 4 is 16.9 Å². The van der Waals surface area contributed by atoms with Crippen molar-refractivity contribution in [3.63, 3.8) is 0 Å². The summed E-state index contributed by atoms with van der Waals surface area (Å²) in [6, 6.07) is 6.34. The molecule has 3 aromatic rings. The molecule has 1 fully saturated rings. The Morgan fingerprint density at radius 2 is 1.67 bits per heavy atom. The number of ether oxygens (including phenoxy) is 4. The molecule has 1 unspecified atom stereocenters. The largest absolute Gasteiger partial charge is 0.493 e. The van der Waals surface area contributed by atoms with Crippen LogP contribution in [0.3, 0.4) is 0 Å². The minimum atomic E-state index is -0.786. The average molecular weight is 499 g/mol. The molecule has 0 radical (unpaired) electrons. The SMILES string of the molecule is COc1cc(C2c3c(oc4ccc(F)cc4c3=O)C(=O)N2CCN2CCOCC2)cc(OC)c1OC. The summed E-state index contributed by atoms with van der Waals surface area (Å²) in [6.07, 6.45) is 0. The van der Waals surface area contributed by atoms with E-state index in [9.17, 15) is 14.0 Å². The van der Waals surface area contributed by atoms with Gasteiger partial charge in [0.25, 0.3) is 5.91 Å². The number of fused-ring (bicyclic) bond motifs is 2. The van der Waals surface area contributed by atoms with Crippen LogP contribution in [0.15, 0.2) is 39.5 Å². The second-order valence-corrected chi connectivity index (χ2v) is 8.63. The van der Waals surface area contributed by atoms with Crippen LogP contribution in [0.25, 0.3) is 11.0 Å². The molecule has 2 aromatic carbocycles. The third-order valence-corrected chi connectivity index (χ3v) is 6.69. The molecular weight excluding hydrogens is 471 g/mol. The van der Waals surface area contributed by atoms with Crippen molar-refractivity contribution < 1.29 is 32.5 Å². The Morgan fingerprint density at radius 1 is 0.972 bits per heavy atom. The van der Waals surface area contributed by atoms with Crippen LogP contribution in [0.2, 0.25) is 0 Å². The molecule has 0 spiro atoms. The van der Waals surface area contributed by atoms with Crippen LogP contribution in [0.1, 0.15) is 27.7 Å². The van der Waals surface area contributed by atoms with E-state index in [1.807, 2.05) is 0 Å². The zero-order chi connectivity index (χ0) is 25.4. The molecule has 1 aromatic heterocycles. The normalized spacial score (nSPS) is 17.9. The molecule has 0 saturated carbocycles. The van der Waals surface area contributed by atoms with E-state index in [0.29, 0.717) is 49.1 Å². The number of carbonyl (C=O) groups excluding carboxylic acids is 1. The fraction of sp³-hybridized carbons (Fsp3) is 0.385. The summed E-state index contributed by atoms with van der Waals surface area (Å²) >= 11 is 0. The summed E-state index contributed by atoms with van der Waals surface area (Å²) in [5, 5.41) is 0.0778. The quantitative estimate of drug-likeness (QED) is 0.491. The monoisotopic (exact) mass is 498 g/mol. The highest BCUT2D eigenvalue weighted by Gasteiger charge is 2.43. The van der Waals surface area contributed by atoms with E-state index in [2.05, 4.69) is 4.90 Å². The number of hydrogen-bond donors (Lipinski definition) is 0. The van der Waals surface area contributed by atoms with Gasteiger partial charge in [0.1, 0.15) is 11.4 Å². The minimum Gasteiger partial charge on any atom is -0.493 e. The molecule has 0 N–H and O–H groups in total. The topological polar surface area (TPSA) is 90.7 Å². The number of benzene rings is 2. The molecule has 9 nitrogen and oxygen atoms in total. The first-order chi connectivity index (χ1) is 17.5. The van der Waals surface area contributed by atoms with E-state index >= 15 is 0 Å². The van der Waals surface area contributed by atoms with Gasteiger partial charge in [0.2, 0.25) is 11.5 Å². The van der Waals surface area contributed by atoms with E-state index in [0.717, 1.165) is 19.2 Å². The lowest BCUT2D eigenvalue weighted by atomic mass is 9.97. The van der Waals surface area contributed by atoms with Crippen LogP contribution in [0.4, 0.5) is 4.39 Å². The number of halogens is 1. The van der Waals surface area contributed by atoms with Crippen molar-refractivity contribution in [2.75, 3.05) is 60.7 Å². The highest BCUT2D eigenvalue weighted by Crippen LogP contribution is 2.45. The Hall–Kier alpha value is -3.63. The Bertz CT molecular complexity index is 1340. The number of nitrogens with zero attached hydrogens (tertiary/aromatic N) is 2. The molecule has 36 heavy (non-hydrogen) atoms. The summed E-state index contributed by atoms with van der Waals surface area (Å²) < 4.78 is 41.8. The van der Waals surface area contributed by atoms with Crippen LogP contribution < -0.4 is 19.6 Å². The lowest BCUT2D eigenvalue weighted by Crippen LogP contribution is -2.42. The zero-order valence-electron chi connectivity index (χ0n) is 20.3. The van der Waals surface area contributed by atoms with Gasteiger partial charge in [-0.3, -0.25) is 14.5 Å². The van der Waals surface area contributed by atoms with Crippen LogP contribution in [-0.4, -0.2) is 76.4 Å². The maximum Gasteiger partial charge on any atom is 0.290 e. The Morgan fingerprint density at radius 3 is 2.31 bits per heavy atom. The van der Waals surface area contributed by atoms with Gasteiger partial charge in [-0.15, -0.1) is 0 Å². The standard InChI is InChI=1S/C26H27FN2O7/c1-32-19-12-15(13-20(33-2)24(19)34-3)22-21-23(30)17-14-16(27)4-5-18(17)36-25(21)26(31)29(22)7-6-28-8-10-35-11-9-28/h4-5,12-14,22H,6-11H2,1-3H3. The molecule has 0 aliphatic carbocycles. The van der Waals surface area contributed by atoms with Crippen molar-refractivity contribution in [1.82, 2.24) is 9.80 Å². The second-order valence-electron chi connectivity index (χ2n) is 8.63. The highest BCUT2D eigenvalue weighted by molar-refractivity contribution is 5.99. The Labute approximate surface area is 206 Å². The summed E-state index contributed by atoms with van der Waals surface area (Å²) in [6.45, 7) is 3.69. The summed E-state index contributed by atoms with van der Waals surface area (Å²) in [4.78, 5) is 31.1. The number of carbonyl (C=O) groups is 1. The lowest BCUT2D eigenvalue weighted by Gasteiger charge is -2.31. The summed E-state index contributed by atoms with van der Waals surface area (Å²) in [5.41, 5.74) is 0.454. The fourth-order valence-electron chi connectivity index (χ4n) is 4.90. The van der Waals surface area contributed by atoms with Crippen molar-refractivity contribution in [3.8, 4) is 17.2 Å². The first kappa shape index (κ1) is 24.1. The molecule has 190 valence electrons. The number of amides is 1. The fourth-order valence-corrected chi connectivity index (χ4v) is 4.90. The minimum absolute atomic E-state index is 0.0418. The molecule has 2 aliphatic heterocycles. The van der Waals surface area contributed by atoms with Gasteiger partial charge in [-0.1, -0.05) is 0 Å². The Balaban J connectivity index is 1.67. The molecule has 0 bridgehead atoms. The van der Waals surface area contributed by atoms with Crippen LogP contribution in [0, 0.1) is 5.82 Å². The van der Waals surface area contributed by atoms with Gasteiger partial charge in [-0.25, -0.2) is 4.39 Å². The summed E-state index contributed by atoms with van der Waals surface area (Å²) in [5.74, 6) is 0.155. The number of rotatable bonds is 7. The molecule has 1 atom stereocenters. The number of morpholine rings is 1. The maximum atomic E-state index is 14.0. The summed E-state index contributed by atoms with van der Waals surface area (Å²) in [7, 11) is 4.49.